The quantitative estimate of drug-likeness (QED) is 0.822. The first kappa shape index (κ1) is 16.8. The number of rotatable bonds is 7. The van der Waals surface area contributed by atoms with Crippen LogP contribution in [0.2, 0.25) is 4.34 Å². The Morgan fingerprint density at radius 2 is 2.14 bits per heavy atom. The highest BCUT2D eigenvalue weighted by Gasteiger charge is 2.15. The molecule has 0 atom stereocenters. The van der Waals surface area contributed by atoms with E-state index in [2.05, 4.69) is 17.1 Å². The van der Waals surface area contributed by atoms with Crippen LogP contribution in [0.4, 0.5) is 0 Å². The predicted octanol–water partition coefficient (Wildman–Crippen LogP) is 3.92. The van der Waals surface area contributed by atoms with Crippen molar-refractivity contribution in [2.24, 2.45) is 5.92 Å². The molecule has 5 heteroatoms. The van der Waals surface area contributed by atoms with E-state index >= 15 is 0 Å². The summed E-state index contributed by atoms with van der Waals surface area (Å²) in [5.41, 5.74) is 0. The first-order valence-corrected chi connectivity index (χ1v) is 9.10. The molecule has 2 rings (SSSR count). The van der Waals surface area contributed by atoms with Crippen molar-refractivity contribution in [2.45, 2.75) is 45.6 Å². The van der Waals surface area contributed by atoms with E-state index in [1.165, 1.54) is 37.0 Å². The Morgan fingerprint density at radius 3 is 2.76 bits per heavy atom. The zero-order valence-electron chi connectivity index (χ0n) is 12.7. The molecular formula is C16H25ClN2OS. The standard InChI is InChI=1S/C16H25ClN2OS/c1-2-19(11-14-8-9-15(17)21-14)12-16(20)18-10-13-6-4-3-5-7-13/h8-9,13H,2-7,10-12H2,1H3,(H,18,20). The second kappa shape index (κ2) is 8.76. The van der Waals surface area contributed by atoms with Gasteiger partial charge in [0.15, 0.2) is 0 Å². The first-order valence-electron chi connectivity index (χ1n) is 7.90. The molecular weight excluding hydrogens is 304 g/mol. The third-order valence-corrected chi connectivity index (χ3v) is 5.35. The van der Waals surface area contributed by atoms with Gasteiger partial charge in [0.05, 0.1) is 10.9 Å². The van der Waals surface area contributed by atoms with Crippen molar-refractivity contribution in [1.82, 2.24) is 10.2 Å². The van der Waals surface area contributed by atoms with Crippen molar-refractivity contribution < 1.29 is 4.79 Å². The number of likely N-dealkylation sites (N-methyl/N-ethyl adjacent to an activating group) is 1. The van der Waals surface area contributed by atoms with E-state index < -0.39 is 0 Å². The molecule has 3 nitrogen and oxygen atoms in total. The van der Waals surface area contributed by atoms with E-state index in [-0.39, 0.29) is 5.91 Å². The number of hydrogen-bond acceptors (Lipinski definition) is 3. The summed E-state index contributed by atoms with van der Waals surface area (Å²) < 4.78 is 0.808. The maximum absolute atomic E-state index is 12.1. The van der Waals surface area contributed by atoms with Gasteiger partial charge in [0, 0.05) is 18.0 Å². The molecule has 1 aromatic rings. The number of hydrogen-bond donors (Lipinski definition) is 1. The number of nitrogens with one attached hydrogen (secondary N) is 1. The Bertz CT molecular complexity index is 443. The molecule has 0 aliphatic heterocycles. The van der Waals surface area contributed by atoms with E-state index in [1.807, 2.05) is 12.1 Å². The Morgan fingerprint density at radius 1 is 1.38 bits per heavy atom. The number of carbonyl (C=O) groups is 1. The minimum atomic E-state index is 0.144. The first-order chi connectivity index (χ1) is 10.2. The van der Waals surface area contributed by atoms with E-state index in [0.29, 0.717) is 12.5 Å². The summed E-state index contributed by atoms with van der Waals surface area (Å²) in [7, 11) is 0. The molecule has 1 fully saturated rings. The van der Waals surface area contributed by atoms with Gasteiger partial charge in [0.25, 0.3) is 0 Å². The molecule has 0 aromatic carbocycles. The fraction of sp³-hybridized carbons (Fsp3) is 0.688. The topological polar surface area (TPSA) is 32.3 Å². The monoisotopic (exact) mass is 328 g/mol. The second-order valence-corrected chi connectivity index (χ2v) is 7.62. The summed E-state index contributed by atoms with van der Waals surface area (Å²) in [6.07, 6.45) is 6.54. The van der Waals surface area contributed by atoms with Crippen LogP contribution in [0.15, 0.2) is 12.1 Å². The highest BCUT2D eigenvalue weighted by molar-refractivity contribution is 7.16. The molecule has 1 saturated carbocycles. The van der Waals surface area contributed by atoms with Crippen LogP contribution in [0.5, 0.6) is 0 Å². The third-order valence-electron chi connectivity index (χ3n) is 4.14. The Labute approximate surface area is 136 Å². The minimum Gasteiger partial charge on any atom is -0.355 e. The van der Waals surface area contributed by atoms with E-state index in [4.69, 9.17) is 11.6 Å². The number of halogens is 1. The molecule has 0 unspecified atom stereocenters. The largest absolute Gasteiger partial charge is 0.355 e. The van der Waals surface area contributed by atoms with Crippen LogP contribution in [0, 0.1) is 5.92 Å². The SMILES string of the molecule is CCN(CC(=O)NCC1CCCCC1)Cc1ccc(Cl)s1. The van der Waals surface area contributed by atoms with Crippen LogP contribution in [0.25, 0.3) is 0 Å². The molecule has 1 N–H and O–H groups in total. The lowest BCUT2D eigenvalue weighted by atomic mass is 9.89. The summed E-state index contributed by atoms with van der Waals surface area (Å²) in [6.45, 7) is 5.07. The van der Waals surface area contributed by atoms with Crippen molar-refractivity contribution in [3.63, 3.8) is 0 Å². The van der Waals surface area contributed by atoms with Crippen molar-refractivity contribution in [3.05, 3.63) is 21.3 Å². The molecule has 0 spiro atoms. The van der Waals surface area contributed by atoms with Crippen LogP contribution >= 0.6 is 22.9 Å². The normalized spacial score (nSPS) is 16.3. The summed E-state index contributed by atoms with van der Waals surface area (Å²) >= 11 is 7.54. The fourth-order valence-electron chi connectivity index (χ4n) is 2.85. The van der Waals surface area contributed by atoms with Crippen molar-refractivity contribution in [2.75, 3.05) is 19.6 Å². The van der Waals surface area contributed by atoms with Crippen LogP contribution < -0.4 is 5.32 Å². The fourth-order valence-corrected chi connectivity index (χ4v) is 3.98. The molecule has 1 heterocycles. The minimum absolute atomic E-state index is 0.144. The molecule has 1 aliphatic rings. The Kier molecular flexibility index (Phi) is 7.00. The van der Waals surface area contributed by atoms with Crippen LogP contribution in [-0.2, 0) is 11.3 Å². The maximum Gasteiger partial charge on any atom is 0.234 e. The molecule has 1 amide bonds. The van der Waals surface area contributed by atoms with Crippen molar-refractivity contribution in [1.29, 1.82) is 0 Å². The van der Waals surface area contributed by atoms with E-state index in [9.17, 15) is 4.79 Å². The second-order valence-electron chi connectivity index (χ2n) is 5.82. The summed E-state index contributed by atoms with van der Waals surface area (Å²) in [5, 5.41) is 3.10. The number of carbonyl (C=O) groups excluding carboxylic acids is 1. The van der Waals surface area contributed by atoms with Crippen molar-refractivity contribution in [3.8, 4) is 0 Å². The third kappa shape index (κ3) is 5.97. The average Bonchev–Trinajstić information content (AvgIpc) is 2.90. The van der Waals surface area contributed by atoms with Crippen molar-refractivity contribution >= 4 is 28.8 Å². The molecule has 21 heavy (non-hydrogen) atoms. The molecule has 1 aliphatic carbocycles. The summed E-state index contributed by atoms with van der Waals surface area (Å²) in [4.78, 5) is 15.4. The molecule has 0 bridgehead atoms. The zero-order valence-corrected chi connectivity index (χ0v) is 14.3. The van der Waals surface area contributed by atoms with Gasteiger partial charge in [-0.2, -0.15) is 0 Å². The predicted molar refractivity (Wildman–Crippen MR) is 89.9 cm³/mol. The van der Waals surface area contributed by atoms with Gasteiger partial charge in [0.1, 0.15) is 0 Å². The Hall–Kier alpha value is -0.580. The maximum atomic E-state index is 12.1. The lowest BCUT2D eigenvalue weighted by Gasteiger charge is -2.23. The van der Waals surface area contributed by atoms with Gasteiger partial charge < -0.3 is 5.32 Å². The number of thiophene rings is 1. The molecule has 118 valence electrons. The van der Waals surface area contributed by atoms with E-state index in [0.717, 1.165) is 24.0 Å². The summed E-state index contributed by atoms with van der Waals surface area (Å²) in [5.74, 6) is 0.832. The molecule has 1 aromatic heterocycles. The zero-order chi connectivity index (χ0) is 15.1. The van der Waals surface area contributed by atoms with Gasteiger partial charge in [-0.25, -0.2) is 0 Å². The van der Waals surface area contributed by atoms with Gasteiger partial charge in [0.2, 0.25) is 5.91 Å². The smallest absolute Gasteiger partial charge is 0.234 e. The molecule has 0 saturated heterocycles. The van der Waals surface area contributed by atoms with Gasteiger partial charge in [-0.15, -0.1) is 11.3 Å². The number of amides is 1. The van der Waals surface area contributed by atoms with E-state index in [1.54, 1.807) is 11.3 Å². The highest BCUT2D eigenvalue weighted by Crippen LogP contribution is 2.23. The Balaban J connectivity index is 1.71. The summed E-state index contributed by atoms with van der Waals surface area (Å²) in [6, 6.07) is 3.95. The lowest BCUT2D eigenvalue weighted by Crippen LogP contribution is -2.39. The van der Waals surface area contributed by atoms with Crippen LogP contribution in [0.3, 0.4) is 0 Å². The van der Waals surface area contributed by atoms with Gasteiger partial charge in [-0.05, 0) is 37.4 Å². The van der Waals surface area contributed by atoms with Gasteiger partial charge >= 0.3 is 0 Å². The van der Waals surface area contributed by atoms with Gasteiger partial charge in [-0.1, -0.05) is 37.8 Å². The van der Waals surface area contributed by atoms with Crippen LogP contribution in [0.1, 0.15) is 43.9 Å². The van der Waals surface area contributed by atoms with Crippen LogP contribution in [-0.4, -0.2) is 30.4 Å². The lowest BCUT2D eigenvalue weighted by molar-refractivity contribution is -0.122. The molecule has 0 radical (unpaired) electrons. The average molecular weight is 329 g/mol. The number of nitrogens with zero attached hydrogens (tertiary/aromatic N) is 1. The van der Waals surface area contributed by atoms with Gasteiger partial charge in [-0.3, -0.25) is 9.69 Å². The highest BCUT2D eigenvalue weighted by atomic mass is 35.5.